The Morgan fingerprint density at radius 3 is 2.63 bits per heavy atom. The van der Waals surface area contributed by atoms with E-state index in [1.165, 1.54) is 17.0 Å². The molecule has 0 aliphatic heterocycles. The normalized spacial score (nSPS) is 11.2. The summed E-state index contributed by atoms with van der Waals surface area (Å²) in [6.07, 6.45) is 0.127. The van der Waals surface area contributed by atoms with Crippen LogP contribution in [-0.4, -0.2) is 24.8 Å². The van der Waals surface area contributed by atoms with Crippen molar-refractivity contribution in [1.29, 1.82) is 0 Å². The molecule has 1 amide bonds. The average molecular weight is 268 g/mol. The second kappa shape index (κ2) is 6.52. The van der Waals surface area contributed by atoms with Gasteiger partial charge in [0.25, 0.3) is 0 Å². The summed E-state index contributed by atoms with van der Waals surface area (Å²) >= 11 is 0. The van der Waals surface area contributed by atoms with Crippen LogP contribution in [0.15, 0.2) is 24.3 Å². The molecule has 0 fully saturated rings. The van der Waals surface area contributed by atoms with Crippen LogP contribution in [0.1, 0.15) is 27.2 Å². The van der Waals surface area contributed by atoms with Crippen LogP contribution in [0, 0.1) is 5.82 Å². The van der Waals surface area contributed by atoms with E-state index in [-0.39, 0.29) is 5.82 Å². The first-order valence-electron chi connectivity index (χ1n) is 6.29. The van der Waals surface area contributed by atoms with Gasteiger partial charge in [-0.15, -0.1) is 0 Å². The summed E-state index contributed by atoms with van der Waals surface area (Å²) in [6, 6.07) is 5.87. The molecule has 0 saturated carbocycles. The number of nitrogens with zero attached hydrogens (tertiary/aromatic N) is 1. The van der Waals surface area contributed by atoms with E-state index in [9.17, 15) is 9.18 Å². The number of ether oxygens (including phenoxy) is 1. The minimum atomic E-state index is -0.592. The zero-order valence-electron chi connectivity index (χ0n) is 11.6. The van der Waals surface area contributed by atoms with E-state index in [1.54, 1.807) is 32.9 Å². The molecule has 2 N–H and O–H groups in total. The summed E-state index contributed by atoms with van der Waals surface area (Å²) in [6.45, 7) is 6.22. The Morgan fingerprint density at radius 1 is 1.42 bits per heavy atom. The maximum Gasteiger partial charge on any atom is 0.414 e. The van der Waals surface area contributed by atoms with Gasteiger partial charge in [0.05, 0.1) is 0 Å². The Morgan fingerprint density at radius 2 is 2.11 bits per heavy atom. The number of benzene rings is 1. The fourth-order valence-electron chi connectivity index (χ4n) is 1.54. The number of carbonyl (C=O) groups is 1. The Hall–Kier alpha value is -1.62. The molecular formula is C14H21FN2O2. The van der Waals surface area contributed by atoms with Crippen molar-refractivity contribution in [3.05, 3.63) is 30.1 Å². The number of halogens is 1. The highest BCUT2D eigenvalue weighted by molar-refractivity contribution is 5.87. The largest absolute Gasteiger partial charge is 0.443 e. The maximum absolute atomic E-state index is 13.2. The second-order valence-electron chi connectivity index (χ2n) is 5.25. The highest BCUT2D eigenvalue weighted by Crippen LogP contribution is 2.19. The molecule has 0 aliphatic carbocycles. The third-order valence-corrected chi connectivity index (χ3v) is 2.32. The van der Waals surface area contributed by atoms with Crippen molar-refractivity contribution < 1.29 is 13.9 Å². The van der Waals surface area contributed by atoms with Gasteiger partial charge >= 0.3 is 6.09 Å². The number of rotatable bonds is 4. The number of hydrogen-bond donors (Lipinski definition) is 1. The molecule has 0 saturated heterocycles. The van der Waals surface area contributed by atoms with Gasteiger partial charge in [0, 0.05) is 12.2 Å². The van der Waals surface area contributed by atoms with Crippen LogP contribution in [0.2, 0.25) is 0 Å². The minimum absolute atomic E-state index is 0.390. The van der Waals surface area contributed by atoms with Crippen molar-refractivity contribution in [3.8, 4) is 0 Å². The molecule has 0 atom stereocenters. The molecule has 0 heterocycles. The summed E-state index contributed by atoms with van der Waals surface area (Å²) in [5.74, 6) is -0.390. The van der Waals surface area contributed by atoms with E-state index in [2.05, 4.69) is 0 Å². The van der Waals surface area contributed by atoms with E-state index in [4.69, 9.17) is 10.5 Å². The first-order chi connectivity index (χ1) is 8.83. The summed E-state index contributed by atoms with van der Waals surface area (Å²) in [7, 11) is 0. The van der Waals surface area contributed by atoms with Gasteiger partial charge in [0.2, 0.25) is 0 Å². The van der Waals surface area contributed by atoms with Gasteiger partial charge in [0.15, 0.2) is 0 Å². The van der Waals surface area contributed by atoms with Crippen molar-refractivity contribution >= 4 is 11.8 Å². The molecule has 0 bridgehead atoms. The number of carbonyl (C=O) groups excluding carboxylic acids is 1. The molecule has 5 heteroatoms. The van der Waals surface area contributed by atoms with Gasteiger partial charge < -0.3 is 10.5 Å². The first-order valence-corrected chi connectivity index (χ1v) is 6.29. The van der Waals surface area contributed by atoms with E-state index in [1.807, 2.05) is 0 Å². The Kier molecular flexibility index (Phi) is 5.30. The van der Waals surface area contributed by atoms with Crippen molar-refractivity contribution in [2.45, 2.75) is 32.8 Å². The van der Waals surface area contributed by atoms with Crippen molar-refractivity contribution in [2.75, 3.05) is 18.0 Å². The monoisotopic (exact) mass is 268 g/mol. The smallest absolute Gasteiger partial charge is 0.414 e. The molecule has 1 rings (SSSR count). The molecule has 4 nitrogen and oxygen atoms in total. The lowest BCUT2D eigenvalue weighted by molar-refractivity contribution is 0.0580. The molecule has 0 aliphatic rings. The molecule has 19 heavy (non-hydrogen) atoms. The van der Waals surface area contributed by atoms with Crippen LogP contribution in [0.25, 0.3) is 0 Å². The van der Waals surface area contributed by atoms with Gasteiger partial charge in [-0.25, -0.2) is 9.18 Å². The molecule has 0 aromatic heterocycles. The maximum atomic E-state index is 13.2. The highest BCUT2D eigenvalue weighted by atomic mass is 19.1. The number of amides is 1. The quantitative estimate of drug-likeness (QED) is 0.913. The first kappa shape index (κ1) is 15.4. The number of hydrogen-bond acceptors (Lipinski definition) is 3. The summed E-state index contributed by atoms with van der Waals surface area (Å²) in [4.78, 5) is 13.5. The minimum Gasteiger partial charge on any atom is -0.443 e. The predicted octanol–water partition coefficient (Wildman–Crippen LogP) is 2.92. The Bertz CT molecular complexity index is 430. The van der Waals surface area contributed by atoms with Crippen LogP contribution in [0.4, 0.5) is 14.9 Å². The second-order valence-corrected chi connectivity index (χ2v) is 5.25. The fraction of sp³-hybridized carbons (Fsp3) is 0.500. The van der Waals surface area contributed by atoms with Crippen molar-refractivity contribution in [2.24, 2.45) is 5.73 Å². The van der Waals surface area contributed by atoms with Crippen LogP contribution in [-0.2, 0) is 4.74 Å². The lowest BCUT2D eigenvalue weighted by Gasteiger charge is -2.27. The van der Waals surface area contributed by atoms with Crippen LogP contribution in [0.5, 0.6) is 0 Å². The third kappa shape index (κ3) is 5.26. The Balaban J connectivity index is 2.91. The predicted molar refractivity (Wildman–Crippen MR) is 73.7 cm³/mol. The van der Waals surface area contributed by atoms with Gasteiger partial charge in [-0.2, -0.15) is 0 Å². The zero-order chi connectivity index (χ0) is 14.5. The fourth-order valence-corrected chi connectivity index (χ4v) is 1.54. The molecule has 1 aromatic carbocycles. The van der Waals surface area contributed by atoms with Crippen LogP contribution in [0.3, 0.4) is 0 Å². The van der Waals surface area contributed by atoms with E-state index in [0.717, 1.165) is 0 Å². The van der Waals surface area contributed by atoms with Gasteiger partial charge in [-0.05, 0) is 51.9 Å². The molecule has 0 spiro atoms. The Labute approximate surface area is 113 Å². The topological polar surface area (TPSA) is 55.6 Å². The van der Waals surface area contributed by atoms with Crippen LogP contribution >= 0.6 is 0 Å². The lowest BCUT2D eigenvalue weighted by Crippen LogP contribution is -2.38. The van der Waals surface area contributed by atoms with Crippen molar-refractivity contribution in [3.63, 3.8) is 0 Å². The SMILES string of the molecule is CC(C)(C)OC(=O)N(CCCN)c1cccc(F)c1. The third-order valence-electron chi connectivity index (χ3n) is 2.32. The summed E-state index contributed by atoms with van der Waals surface area (Å²) in [5.41, 5.74) is 5.34. The lowest BCUT2D eigenvalue weighted by atomic mass is 10.2. The molecular weight excluding hydrogens is 247 g/mol. The van der Waals surface area contributed by atoms with Gasteiger partial charge in [-0.3, -0.25) is 4.90 Å². The standard InChI is InChI=1S/C14H21FN2O2/c1-14(2,3)19-13(18)17(9-5-8-16)12-7-4-6-11(15)10-12/h4,6-7,10H,5,8-9,16H2,1-3H3. The molecule has 0 unspecified atom stereocenters. The van der Waals surface area contributed by atoms with Gasteiger partial charge in [0.1, 0.15) is 11.4 Å². The van der Waals surface area contributed by atoms with Crippen LogP contribution < -0.4 is 10.6 Å². The highest BCUT2D eigenvalue weighted by Gasteiger charge is 2.23. The van der Waals surface area contributed by atoms with E-state index < -0.39 is 11.7 Å². The van der Waals surface area contributed by atoms with Gasteiger partial charge in [-0.1, -0.05) is 6.07 Å². The van der Waals surface area contributed by atoms with E-state index in [0.29, 0.717) is 25.2 Å². The number of nitrogens with two attached hydrogens (primary N) is 1. The summed E-state index contributed by atoms with van der Waals surface area (Å²) < 4.78 is 18.6. The molecule has 0 radical (unpaired) electrons. The zero-order valence-corrected chi connectivity index (χ0v) is 11.6. The average Bonchev–Trinajstić information content (AvgIpc) is 2.27. The summed E-state index contributed by atoms with van der Waals surface area (Å²) in [5, 5.41) is 0. The molecule has 106 valence electrons. The number of anilines is 1. The van der Waals surface area contributed by atoms with E-state index >= 15 is 0 Å². The van der Waals surface area contributed by atoms with Crippen molar-refractivity contribution in [1.82, 2.24) is 0 Å². The molecule has 1 aromatic rings.